The maximum absolute atomic E-state index is 13.6. The van der Waals surface area contributed by atoms with Gasteiger partial charge in [0.1, 0.15) is 6.61 Å². The van der Waals surface area contributed by atoms with Gasteiger partial charge in [-0.25, -0.2) is 19.4 Å². The van der Waals surface area contributed by atoms with Crippen molar-refractivity contribution in [2.75, 3.05) is 18.1 Å². The molecule has 7 rings (SSSR count). The molecule has 0 spiro atoms. The minimum absolute atomic E-state index is 0.0670. The third-order valence-corrected chi connectivity index (χ3v) is 9.35. The number of ether oxygens (including phenoxy) is 2. The average Bonchev–Trinajstić information content (AvgIpc) is 3.49. The minimum atomic E-state index is -1.90. The van der Waals surface area contributed by atoms with E-state index >= 15 is 0 Å². The molecule has 0 saturated carbocycles. The third kappa shape index (κ3) is 6.55. The Morgan fingerprint density at radius 2 is 1.80 bits per heavy atom. The molecule has 3 aliphatic rings. The molecular formula is C36H38N6O9. The van der Waals surface area contributed by atoms with E-state index in [1.165, 1.54) is 4.90 Å². The number of nitrogens with zero attached hydrogens (tertiary/aromatic N) is 3. The summed E-state index contributed by atoms with van der Waals surface area (Å²) in [5.74, 6) is -0.627. The molecule has 0 saturated heterocycles. The maximum Gasteiger partial charge on any atom is 0.412 e. The number of carboxylic acid groups (broad SMARTS) is 1. The Labute approximate surface area is 291 Å². The summed E-state index contributed by atoms with van der Waals surface area (Å²) in [5.41, 5.74) is 12.8. The molecule has 0 fully saturated rings. The summed E-state index contributed by atoms with van der Waals surface area (Å²) < 4.78 is 12.9. The summed E-state index contributed by atoms with van der Waals surface area (Å²) in [7, 11) is 0. The topological polar surface area (TPSA) is 229 Å². The first-order valence-electron chi connectivity index (χ1n) is 16.6. The van der Waals surface area contributed by atoms with Gasteiger partial charge in [-0.3, -0.25) is 14.5 Å². The Morgan fingerprint density at radius 1 is 1.04 bits per heavy atom. The second-order valence-corrected chi connectivity index (χ2v) is 12.5. The van der Waals surface area contributed by atoms with E-state index in [1.54, 1.807) is 29.7 Å². The molecule has 7 N–H and O–H groups in total. The molecule has 2 aromatic heterocycles. The highest BCUT2D eigenvalue weighted by atomic mass is 16.6. The lowest BCUT2D eigenvalue weighted by atomic mass is 9.86. The van der Waals surface area contributed by atoms with E-state index in [4.69, 9.17) is 25.9 Å². The van der Waals surface area contributed by atoms with Crippen LogP contribution in [0, 0.1) is 0 Å². The molecule has 0 radical (unpaired) electrons. The highest BCUT2D eigenvalue weighted by Gasteiger charge is 2.45. The zero-order valence-electron chi connectivity index (χ0n) is 27.9. The number of anilines is 1. The van der Waals surface area contributed by atoms with E-state index in [0.29, 0.717) is 60.8 Å². The lowest BCUT2D eigenvalue weighted by Crippen LogP contribution is -2.44. The number of carbonyl (C=O) groups excluding carboxylic acids is 3. The van der Waals surface area contributed by atoms with Gasteiger partial charge >= 0.3 is 18.1 Å². The summed E-state index contributed by atoms with van der Waals surface area (Å²) in [4.78, 5) is 64.9. The molecular weight excluding hydrogens is 660 g/mol. The van der Waals surface area contributed by atoms with E-state index in [2.05, 4.69) is 5.32 Å². The number of rotatable bonds is 9. The van der Waals surface area contributed by atoms with Crippen molar-refractivity contribution < 1.29 is 38.9 Å². The Bertz CT molecular complexity index is 2100. The number of urea groups is 1. The van der Waals surface area contributed by atoms with Gasteiger partial charge < -0.3 is 41.0 Å². The van der Waals surface area contributed by atoms with Crippen LogP contribution in [0.4, 0.5) is 15.3 Å². The molecule has 1 atom stereocenters. The number of hydrogen-bond acceptors (Lipinski definition) is 9. The smallest absolute Gasteiger partial charge is 0.412 e. The number of cyclic esters (lactones) is 1. The van der Waals surface area contributed by atoms with Gasteiger partial charge in [0.05, 0.1) is 47.9 Å². The lowest BCUT2D eigenvalue weighted by molar-refractivity contribution is -0.172. The Hall–Kier alpha value is -5.96. The van der Waals surface area contributed by atoms with Crippen LogP contribution in [0.15, 0.2) is 53.3 Å². The fourth-order valence-corrected chi connectivity index (χ4v) is 6.77. The van der Waals surface area contributed by atoms with Gasteiger partial charge in [-0.2, -0.15) is 0 Å². The normalized spacial score (nSPS) is 16.4. The quantitative estimate of drug-likeness (QED) is 0.112. The maximum atomic E-state index is 13.6. The van der Waals surface area contributed by atoms with Gasteiger partial charge in [0.2, 0.25) is 5.91 Å². The number of pyridine rings is 2. The van der Waals surface area contributed by atoms with Crippen molar-refractivity contribution in [1.29, 1.82) is 0 Å². The number of benzene rings is 2. The van der Waals surface area contributed by atoms with Crippen LogP contribution in [0.25, 0.3) is 22.3 Å². The van der Waals surface area contributed by atoms with Gasteiger partial charge in [0.15, 0.2) is 11.4 Å². The standard InChI is InChI=1S/C30H25N3O7.C6H13N3O2/c1-2-30(38)20-12-23-25-18(14-32(23)27(34)19(20)15-40-28(30)35)17-10-11-39-26-22(9-8-21(31-25)24(17)26)33(29(36)37)13-16-6-4-3-5-7-16;7-5(10)3-1-2-4-9-6(8)11/h3-9,12,38H,2,10-11,13-15H2,1H3,(H,36,37);1-4H2,(H2,7,10)(H3,8,9,11)/t30-;/m0./s1. The first-order chi connectivity index (χ1) is 24.4. The third-order valence-electron chi connectivity index (χ3n) is 9.35. The summed E-state index contributed by atoms with van der Waals surface area (Å²) in [6.07, 6.45) is 1.31. The highest BCUT2D eigenvalue weighted by molar-refractivity contribution is 6.01. The van der Waals surface area contributed by atoms with Crippen molar-refractivity contribution in [2.24, 2.45) is 11.5 Å². The van der Waals surface area contributed by atoms with E-state index in [-0.39, 0.29) is 48.7 Å². The SMILES string of the molecule is CC[C@@]1(O)C(=O)OCc2c1cc1n(c2=O)Cc2c-1nc1ccc(N(Cc3ccccc3)C(=O)O)c3c1c2CCO3.NC(=O)CCCCNC(N)=O. The molecule has 0 unspecified atom stereocenters. The predicted octanol–water partition coefficient (Wildman–Crippen LogP) is 3.01. The molecule has 15 heteroatoms. The number of fused-ring (bicyclic) bond motifs is 5. The molecule has 0 bridgehead atoms. The van der Waals surface area contributed by atoms with E-state index < -0.39 is 23.7 Å². The monoisotopic (exact) mass is 698 g/mol. The number of nitrogens with two attached hydrogens (primary N) is 2. The first-order valence-corrected chi connectivity index (χ1v) is 16.6. The van der Waals surface area contributed by atoms with Crippen LogP contribution in [-0.4, -0.2) is 56.9 Å². The Morgan fingerprint density at radius 3 is 2.49 bits per heavy atom. The van der Waals surface area contributed by atoms with E-state index in [9.17, 15) is 34.2 Å². The Kier molecular flexibility index (Phi) is 9.65. The number of aliphatic hydroxyl groups is 1. The predicted molar refractivity (Wildman–Crippen MR) is 185 cm³/mol. The van der Waals surface area contributed by atoms with Gasteiger partial charge in [0, 0.05) is 35.9 Å². The number of hydrogen-bond donors (Lipinski definition) is 5. The molecule has 51 heavy (non-hydrogen) atoms. The number of amides is 4. The van der Waals surface area contributed by atoms with Crippen LogP contribution in [0.1, 0.15) is 60.4 Å². The summed E-state index contributed by atoms with van der Waals surface area (Å²) in [5, 5.41) is 24.4. The molecule has 266 valence electrons. The molecule has 5 heterocycles. The number of carbonyl (C=O) groups is 4. The second kappa shape index (κ2) is 14.1. The number of esters is 1. The van der Waals surface area contributed by atoms with Crippen molar-refractivity contribution in [1.82, 2.24) is 14.9 Å². The first kappa shape index (κ1) is 34.9. The summed E-state index contributed by atoms with van der Waals surface area (Å²) in [6.45, 7) is 2.74. The number of unbranched alkanes of at least 4 members (excludes halogenated alkanes) is 1. The summed E-state index contributed by atoms with van der Waals surface area (Å²) >= 11 is 0. The Balaban J connectivity index is 0.000000355. The van der Waals surface area contributed by atoms with E-state index in [1.807, 2.05) is 30.3 Å². The zero-order chi connectivity index (χ0) is 36.4. The molecule has 2 aromatic carbocycles. The van der Waals surface area contributed by atoms with Gasteiger partial charge in [0.25, 0.3) is 5.56 Å². The molecule has 4 aromatic rings. The van der Waals surface area contributed by atoms with Crippen LogP contribution in [0.2, 0.25) is 0 Å². The zero-order valence-corrected chi connectivity index (χ0v) is 27.9. The average molecular weight is 699 g/mol. The van der Waals surface area contributed by atoms with Crippen LogP contribution >= 0.6 is 0 Å². The van der Waals surface area contributed by atoms with Gasteiger partial charge in [-0.1, -0.05) is 37.3 Å². The van der Waals surface area contributed by atoms with Crippen LogP contribution in [0.3, 0.4) is 0 Å². The van der Waals surface area contributed by atoms with Crippen LogP contribution < -0.4 is 32.0 Å². The molecule has 3 aliphatic heterocycles. The lowest BCUT2D eigenvalue weighted by Gasteiger charge is -2.31. The molecule has 15 nitrogen and oxygen atoms in total. The number of primary amides is 2. The summed E-state index contributed by atoms with van der Waals surface area (Å²) in [6, 6.07) is 14.0. The molecule has 4 amide bonds. The van der Waals surface area contributed by atoms with Crippen molar-refractivity contribution in [2.45, 2.75) is 64.3 Å². The fraction of sp³-hybridized carbons (Fsp3) is 0.333. The minimum Gasteiger partial charge on any atom is -0.490 e. The van der Waals surface area contributed by atoms with Crippen molar-refractivity contribution in [3.8, 4) is 17.1 Å². The second-order valence-electron chi connectivity index (χ2n) is 12.5. The van der Waals surface area contributed by atoms with Crippen molar-refractivity contribution >= 4 is 40.6 Å². The van der Waals surface area contributed by atoms with Crippen LogP contribution in [-0.2, 0) is 46.0 Å². The highest BCUT2D eigenvalue weighted by Crippen LogP contribution is 2.46. The van der Waals surface area contributed by atoms with Gasteiger partial charge in [-0.15, -0.1) is 0 Å². The number of aromatic nitrogens is 2. The van der Waals surface area contributed by atoms with Crippen molar-refractivity contribution in [3.63, 3.8) is 0 Å². The van der Waals surface area contributed by atoms with Crippen LogP contribution in [0.5, 0.6) is 5.75 Å². The van der Waals surface area contributed by atoms with Gasteiger partial charge in [-0.05, 0) is 48.6 Å². The largest absolute Gasteiger partial charge is 0.490 e. The van der Waals surface area contributed by atoms with E-state index in [0.717, 1.165) is 28.5 Å². The molecule has 0 aliphatic carbocycles. The number of nitrogens with one attached hydrogen (secondary N) is 1. The van der Waals surface area contributed by atoms with Crippen molar-refractivity contribution in [3.05, 3.63) is 86.7 Å². The fourth-order valence-electron chi connectivity index (χ4n) is 6.77.